The van der Waals surface area contributed by atoms with Crippen LogP contribution in [0.25, 0.3) is 83.1 Å². The van der Waals surface area contributed by atoms with Crippen molar-refractivity contribution in [1.82, 2.24) is 4.57 Å². The molecule has 0 unspecified atom stereocenters. The molecule has 0 aliphatic heterocycles. The fourth-order valence-corrected chi connectivity index (χ4v) is 18.0. The van der Waals surface area contributed by atoms with Gasteiger partial charge in [-0.1, -0.05) is 291 Å². The van der Waals surface area contributed by atoms with Gasteiger partial charge in [0.15, 0.2) is 0 Å². The first-order chi connectivity index (χ1) is 47.1. The van der Waals surface area contributed by atoms with E-state index in [0.717, 1.165) is 33.9 Å². The Morgan fingerprint density at radius 1 is 0.200 bits per heavy atom. The number of nitrogens with zero attached hydrogens (tertiary/aromatic N) is 2. The minimum Gasteiger partial charge on any atom is -0.310 e. The lowest BCUT2D eigenvalue weighted by Crippen LogP contribution is -2.28. The Bertz CT molecular complexity index is 5530. The molecule has 4 aliphatic carbocycles. The zero-order chi connectivity index (χ0) is 62.4. The highest BCUT2D eigenvalue weighted by molar-refractivity contribution is 6.11. The third-order valence-corrected chi connectivity index (χ3v) is 21.8. The Labute approximate surface area is 553 Å². The molecule has 1 spiro atoms. The first-order valence-corrected chi connectivity index (χ1v) is 33.2. The maximum absolute atomic E-state index is 2.53. The number of rotatable bonds is 9. The van der Waals surface area contributed by atoms with E-state index in [1.165, 1.54) is 133 Å². The van der Waals surface area contributed by atoms with Gasteiger partial charge in [0.05, 0.1) is 27.3 Å². The predicted molar refractivity (Wildman–Crippen MR) is 392 cm³/mol. The van der Waals surface area contributed by atoms with Gasteiger partial charge in [-0.2, -0.15) is 0 Å². The smallest absolute Gasteiger partial charge is 0.0726 e. The molecule has 0 amide bonds. The number of para-hydroxylation sites is 1. The van der Waals surface area contributed by atoms with Crippen LogP contribution in [0.15, 0.2) is 364 Å². The van der Waals surface area contributed by atoms with Crippen molar-refractivity contribution in [2.75, 3.05) is 4.90 Å². The van der Waals surface area contributed by atoms with Crippen LogP contribution in [-0.2, 0) is 16.2 Å². The summed E-state index contributed by atoms with van der Waals surface area (Å²) in [5, 5.41) is 2.42. The molecule has 2 heteroatoms. The van der Waals surface area contributed by atoms with E-state index in [4.69, 9.17) is 0 Å². The molecule has 4 aliphatic rings. The highest BCUT2D eigenvalue weighted by Gasteiger charge is 2.53. The maximum Gasteiger partial charge on any atom is 0.0726 e. The van der Waals surface area contributed by atoms with Crippen molar-refractivity contribution in [3.63, 3.8) is 0 Å². The average Bonchev–Trinajstić information content (AvgIpc) is 1.53. The minimum atomic E-state index is -0.585. The molecule has 0 fully saturated rings. The lowest BCUT2D eigenvalue weighted by atomic mass is 9.67. The summed E-state index contributed by atoms with van der Waals surface area (Å²) in [5.41, 5.74) is 33.1. The van der Waals surface area contributed by atoms with Crippen molar-refractivity contribution in [1.29, 1.82) is 0 Å². The van der Waals surface area contributed by atoms with Gasteiger partial charge in [-0.15, -0.1) is 0 Å². The Balaban J connectivity index is 0.793. The van der Waals surface area contributed by atoms with Gasteiger partial charge in [-0.3, -0.25) is 0 Å². The molecule has 1 heterocycles. The SMILES string of the molecule is c1ccc(-n2c3ccc(-c4ccc(N(c5ccc6c(c5)C(c5ccccc5)(c5ccccc5)c5ccccc5-6)c5ccc6c(c5)C5(c7ccccc7-c7ccccc75)c5ccccc5-6)cc4)cc3c3cc(C4(c5ccccc5)c5ccccc5-c5ccccc54)ccc32)cc1. The minimum absolute atomic E-state index is 0.517. The number of hydrogen-bond acceptors (Lipinski definition) is 1. The Kier molecular flexibility index (Phi) is 11.5. The summed E-state index contributed by atoms with van der Waals surface area (Å²) >= 11 is 0. The zero-order valence-corrected chi connectivity index (χ0v) is 52.0. The van der Waals surface area contributed by atoms with Gasteiger partial charge in [0, 0.05) is 33.5 Å². The number of benzene rings is 15. The van der Waals surface area contributed by atoms with E-state index in [-0.39, 0.29) is 0 Å². The Morgan fingerprint density at radius 2 is 0.516 bits per heavy atom. The standard InChI is InChI=1S/C93H60N2/c1-5-25-63(26-6-1)91(64-27-7-2-8-28-64)81-39-19-15-37-75(81)77-53-51-69(59-87(77)91)94(70-52-54-78-76-38-18-24-44-86(76)93(88(78)60-70)84-42-22-16-35-73(84)74-36-17-23-43-85(74)93)68-49-45-61(46-50-68)62-47-55-89-79(57-62)80-58-66(48-56-90(80)95(89)67-31-11-4-12-32-67)92(65-29-9-3-10-30-65)82-40-20-13-33-71(82)72-34-14-21-41-83(72)92/h1-60H. The van der Waals surface area contributed by atoms with Gasteiger partial charge >= 0.3 is 0 Å². The summed E-state index contributed by atoms with van der Waals surface area (Å²) in [6.07, 6.45) is 0. The third kappa shape index (κ3) is 7.29. The molecule has 95 heavy (non-hydrogen) atoms. The Hall–Kier alpha value is -12.1. The van der Waals surface area contributed by atoms with Gasteiger partial charge in [-0.05, 0) is 195 Å². The molecule has 2 nitrogen and oxygen atoms in total. The lowest BCUT2D eigenvalue weighted by Gasteiger charge is -2.35. The second kappa shape index (κ2) is 20.4. The monoisotopic (exact) mass is 1200 g/mol. The predicted octanol–water partition coefficient (Wildman–Crippen LogP) is 23.0. The average molecular weight is 1210 g/mol. The normalized spacial score (nSPS) is 14.1. The van der Waals surface area contributed by atoms with Gasteiger partial charge < -0.3 is 9.47 Å². The summed E-state index contributed by atoms with van der Waals surface area (Å²) < 4.78 is 2.45. The second-order valence-electron chi connectivity index (χ2n) is 26.1. The van der Waals surface area contributed by atoms with E-state index >= 15 is 0 Å². The van der Waals surface area contributed by atoms with E-state index in [0.29, 0.717) is 0 Å². The van der Waals surface area contributed by atoms with Crippen LogP contribution in [0.5, 0.6) is 0 Å². The molecule has 0 saturated carbocycles. The van der Waals surface area contributed by atoms with Crippen LogP contribution < -0.4 is 4.90 Å². The molecule has 0 saturated heterocycles. The van der Waals surface area contributed by atoms with Crippen LogP contribution in [-0.4, -0.2) is 4.57 Å². The summed E-state index contributed by atoms with van der Waals surface area (Å²) in [4.78, 5) is 2.53. The number of fused-ring (bicyclic) bond motifs is 19. The topological polar surface area (TPSA) is 8.17 Å². The van der Waals surface area contributed by atoms with Gasteiger partial charge in [0.2, 0.25) is 0 Å². The molecule has 0 N–H and O–H groups in total. The van der Waals surface area contributed by atoms with Crippen LogP contribution in [0.2, 0.25) is 0 Å². The van der Waals surface area contributed by atoms with Gasteiger partial charge in [-0.25, -0.2) is 0 Å². The van der Waals surface area contributed by atoms with Crippen molar-refractivity contribution in [2.24, 2.45) is 0 Å². The molecule has 0 atom stereocenters. The third-order valence-electron chi connectivity index (χ3n) is 21.8. The first-order valence-electron chi connectivity index (χ1n) is 33.2. The highest BCUT2D eigenvalue weighted by Crippen LogP contribution is 2.64. The number of aromatic nitrogens is 1. The van der Waals surface area contributed by atoms with Crippen LogP contribution in [0.4, 0.5) is 17.1 Å². The largest absolute Gasteiger partial charge is 0.310 e. The van der Waals surface area contributed by atoms with E-state index in [1.807, 2.05) is 0 Å². The van der Waals surface area contributed by atoms with Gasteiger partial charge in [0.25, 0.3) is 0 Å². The van der Waals surface area contributed by atoms with Crippen LogP contribution in [0, 0.1) is 0 Å². The lowest BCUT2D eigenvalue weighted by molar-refractivity contribution is 0.768. The molecular formula is C93H60N2. The summed E-state index contributed by atoms with van der Waals surface area (Å²) in [5.74, 6) is 0. The molecule has 442 valence electrons. The van der Waals surface area contributed by atoms with E-state index in [9.17, 15) is 0 Å². The summed E-state index contributed by atoms with van der Waals surface area (Å²) in [6, 6.07) is 137. The molecule has 0 bridgehead atoms. The molecular weight excluding hydrogens is 1150 g/mol. The number of hydrogen-bond donors (Lipinski definition) is 0. The molecule has 15 aromatic carbocycles. The Morgan fingerprint density at radius 3 is 0.947 bits per heavy atom. The van der Waals surface area contributed by atoms with Gasteiger partial charge in [0.1, 0.15) is 0 Å². The maximum atomic E-state index is 2.53. The van der Waals surface area contributed by atoms with Crippen molar-refractivity contribution in [2.45, 2.75) is 16.2 Å². The molecule has 1 aromatic heterocycles. The van der Waals surface area contributed by atoms with E-state index in [1.54, 1.807) is 0 Å². The van der Waals surface area contributed by atoms with E-state index in [2.05, 4.69) is 373 Å². The molecule has 16 aromatic rings. The molecule has 20 rings (SSSR count). The van der Waals surface area contributed by atoms with Crippen molar-refractivity contribution < 1.29 is 0 Å². The van der Waals surface area contributed by atoms with Crippen molar-refractivity contribution in [3.05, 3.63) is 431 Å². The van der Waals surface area contributed by atoms with Crippen LogP contribution in [0.1, 0.15) is 66.8 Å². The number of anilines is 3. The van der Waals surface area contributed by atoms with E-state index < -0.39 is 16.2 Å². The van der Waals surface area contributed by atoms with Crippen LogP contribution in [0.3, 0.4) is 0 Å². The summed E-state index contributed by atoms with van der Waals surface area (Å²) in [7, 11) is 0. The summed E-state index contributed by atoms with van der Waals surface area (Å²) in [6.45, 7) is 0. The fraction of sp³-hybridized carbons (Fsp3) is 0.0323. The van der Waals surface area contributed by atoms with Crippen LogP contribution >= 0.6 is 0 Å². The quantitative estimate of drug-likeness (QED) is 0.140. The van der Waals surface area contributed by atoms with Crippen molar-refractivity contribution in [3.8, 4) is 61.3 Å². The second-order valence-corrected chi connectivity index (χ2v) is 26.1. The fourth-order valence-electron chi connectivity index (χ4n) is 18.0. The highest BCUT2D eigenvalue weighted by atomic mass is 15.1. The molecule has 0 radical (unpaired) electrons. The zero-order valence-electron chi connectivity index (χ0n) is 52.0. The first kappa shape index (κ1) is 53.6. The van der Waals surface area contributed by atoms with Crippen molar-refractivity contribution >= 4 is 38.9 Å².